The van der Waals surface area contributed by atoms with E-state index < -0.39 is 10.8 Å². The SMILES string of the molecule is CCC(C)S(=O)CC(C)CN. The molecule has 0 rings (SSSR count). The Labute approximate surface area is 72.0 Å². The van der Waals surface area contributed by atoms with Crippen molar-refractivity contribution in [3.05, 3.63) is 0 Å². The third-order valence-corrected chi connectivity index (χ3v) is 4.00. The molecule has 0 saturated carbocycles. The molecule has 0 aromatic heterocycles. The van der Waals surface area contributed by atoms with Crippen LogP contribution in [0.15, 0.2) is 0 Å². The summed E-state index contributed by atoms with van der Waals surface area (Å²) >= 11 is 0. The Morgan fingerprint density at radius 2 is 2.00 bits per heavy atom. The lowest BCUT2D eigenvalue weighted by molar-refractivity contribution is 0.631. The van der Waals surface area contributed by atoms with Gasteiger partial charge in [0.2, 0.25) is 0 Å². The molecule has 0 amide bonds. The summed E-state index contributed by atoms with van der Waals surface area (Å²) in [7, 11) is -0.675. The van der Waals surface area contributed by atoms with E-state index >= 15 is 0 Å². The lowest BCUT2D eigenvalue weighted by atomic mass is 10.2. The van der Waals surface area contributed by atoms with Crippen LogP contribution < -0.4 is 5.73 Å². The summed E-state index contributed by atoms with van der Waals surface area (Å²) < 4.78 is 11.4. The molecule has 3 heteroatoms. The van der Waals surface area contributed by atoms with Crippen molar-refractivity contribution in [1.29, 1.82) is 0 Å². The zero-order valence-electron chi connectivity index (χ0n) is 7.67. The maximum Gasteiger partial charge on any atom is 0.0317 e. The van der Waals surface area contributed by atoms with Crippen LogP contribution in [0, 0.1) is 5.92 Å². The standard InChI is InChI=1S/C8H19NOS/c1-4-8(3)11(10)6-7(2)5-9/h7-8H,4-6,9H2,1-3H3. The molecule has 0 saturated heterocycles. The average molecular weight is 177 g/mol. The van der Waals surface area contributed by atoms with Crippen LogP contribution in [0.25, 0.3) is 0 Å². The zero-order chi connectivity index (χ0) is 8.85. The molecule has 3 atom stereocenters. The van der Waals surface area contributed by atoms with Gasteiger partial charge in [0.25, 0.3) is 0 Å². The van der Waals surface area contributed by atoms with E-state index in [0.717, 1.165) is 12.2 Å². The van der Waals surface area contributed by atoms with Crippen LogP contribution in [-0.4, -0.2) is 21.8 Å². The molecule has 0 radical (unpaired) electrons. The Morgan fingerprint density at radius 3 is 2.36 bits per heavy atom. The van der Waals surface area contributed by atoms with Gasteiger partial charge in [-0.15, -0.1) is 0 Å². The highest BCUT2D eigenvalue weighted by Gasteiger charge is 2.11. The molecule has 2 nitrogen and oxygen atoms in total. The highest BCUT2D eigenvalue weighted by atomic mass is 32.2. The molecule has 0 aliphatic heterocycles. The normalized spacial score (nSPS) is 19.3. The molecule has 11 heavy (non-hydrogen) atoms. The van der Waals surface area contributed by atoms with Gasteiger partial charge in [-0.05, 0) is 18.9 Å². The average Bonchev–Trinajstić information content (AvgIpc) is 2.02. The fourth-order valence-corrected chi connectivity index (χ4v) is 2.10. The van der Waals surface area contributed by atoms with Crippen LogP contribution in [0.5, 0.6) is 0 Å². The molecule has 68 valence electrons. The van der Waals surface area contributed by atoms with Crippen molar-refractivity contribution in [3.8, 4) is 0 Å². The molecule has 3 unspecified atom stereocenters. The van der Waals surface area contributed by atoms with E-state index in [1.54, 1.807) is 0 Å². The summed E-state index contributed by atoms with van der Waals surface area (Å²) in [6.45, 7) is 6.78. The van der Waals surface area contributed by atoms with E-state index in [4.69, 9.17) is 5.73 Å². The first-order chi connectivity index (χ1) is 5.11. The predicted octanol–water partition coefficient (Wildman–Crippen LogP) is 1.13. The highest BCUT2D eigenvalue weighted by molar-refractivity contribution is 7.85. The van der Waals surface area contributed by atoms with Crippen LogP contribution in [0.4, 0.5) is 0 Å². The van der Waals surface area contributed by atoms with Crippen molar-refractivity contribution in [3.63, 3.8) is 0 Å². The Balaban J connectivity index is 3.68. The third-order valence-electron chi connectivity index (χ3n) is 1.87. The number of nitrogens with two attached hydrogens (primary N) is 1. The van der Waals surface area contributed by atoms with Gasteiger partial charge in [-0.25, -0.2) is 0 Å². The van der Waals surface area contributed by atoms with Gasteiger partial charge in [0.15, 0.2) is 0 Å². The molecule has 2 N–H and O–H groups in total. The lowest BCUT2D eigenvalue weighted by Gasteiger charge is -2.11. The van der Waals surface area contributed by atoms with E-state index in [9.17, 15) is 4.21 Å². The molecular formula is C8H19NOS. The molecule has 0 aromatic rings. The molecule has 0 bridgehead atoms. The first kappa shape index (κ1) is 11.1. The predicted molar refractivity (Wildman–Crippen MR) is 51.0 cm³/mol. The van der Waals surface area contributed by atoms with Crippen LogP contribution in [0.1, 0.15) is 27.2 Å². The van der Waals surface area contributed by atoms with Gasteiger partial charge >= 0.3 is 0 Å². The Morgan fingerprint density at radius 1 is 1.45 bits per heavy atom. The topological polar surface area (TPSA) is 43.1 Å². The van der Waals surface area contributed by atoms with Gasteiger partial charge in [-0.3, -0.25) is 4.21 Å². The third kappa shape index (κ3) is 4.53. The Hall–Kier alpha value is 0.110. The van der Waals surface area contributed by atoms with Gasteiger partial charge in [-0.2, -0.15) is 0 Å². The molecule has 0 aromatic carbocycles. The van der Waals surface area contributed by atoms with Gasteiger partial charge < -0.3 is 5.73 Å². The van der Waals surface area contributed by atoms with Crippen molar-refractivity contribution in [1.82, 2.24) is 0 Å². The van der Waals surface area contributed by atoms with Crippen molar-refractivity contribution < 1.29 is 4.21 Å². The number of hydrogen-bond donors (Lipinski definition) is 1. The quantitative estimate of drug-likeness (QED) is 0.684. The summed E-state index contributed by atoms with van der Waals surface area (Å²) in [6, 6.07) is 0. The largest absolute Gasteiger partial charge is 0.330 e. The van der Waals surface area contributed by atoms with Crippen molar-refractivity contribution in [2.24, 2.45) is 11.7 Å². The zero-order valence-corrected chi connectivity index (χ0v) is 8.49. The van der Waals surface area contributed by atoms with Crippen LogP contribution >= 0.6 is 0 Å². The summed E-state index contributed by atoms with van der Waals surface area (Å²) in [6.07, 6.45) is 0.990. The van der Waals surface area contributed by atoms with E-state index in [1.165, 1.54) is 0 Å². The molecule has 0 heterocycles. The minimum absolute atomic E-state index is 0.323. The number of rotatable bonds is 5. The lowest BCUT2D eigenvalue weighted by Crippen LogP contribution is -2.22. The van der Waals surface area contributed by atoms with Crippen LogP contribution in [-0.2, 0) is 10.8 Å². The fraction of sp³-hybridized carbons (Fsp3) is 1.00. The van der Waals surface area contributed by atoms with E-state index in [-0.39, 0.29) is 0 Å². The second kappa shape index (κ2) is 5.72. The summed E-state index contributed by atoms with van der Waals surface area (Å²) in [5.74, 6) is 1.15. The van der Waals surface area contributed by atoms with Gasteiger partial charge in [0.1, 0.15) is 0 Å². The van der Waals surface area contributed by atoms with Crippen LogP contribution in [0.3, 0.4) is 0 Å². The second-order valence-corrected chi connectivity index (χ2v) is 5.01. The van der Waals surface area contributed by atoms with E-state index in [0.29, 0.717) is 17.7 Å². The molecule has 0 fully saturated rings. The first-order valence-corrected chi connectivity index (χ1v) is 5.57. The van der Waals surface area contributed by atoms with Crippen molar-refractivity contribution >= 4 is 10.8 Å². The van der Waals surface area contributed by atoms with E-state index in [2.05, 4.69) is 6.92 Å². The summed E-state index contributed by atoms with van der Waals surface area (Å²) in [4.78, 5) is 0. The highest BCUT2D eigenvalue weighted by Crippen LogP contribution is 2.04. The van der Waals surface area contributed by atoms with E-state index in [1.807, 2.05) is 13.8 Å². The fourth-order valence-electron chi connectivity index (χ4n) is 0.699. The van der Waals surface area contributed by atoms with Gasteiger partial charge in [0.05, 0.1) is 0 Å². The maximum atomic E-state index is 11.4. The molecule has 0 aliphatic rings. The summed E-state index contributed by atoms with van der Waals surface area (Å²) in [5, 5.41) is 0.323. The van der Waals surface area contributed by atoms with Crippen molar-refractivity contribution in [2.75, 3.05) is 12.3 Å². The summed E-state index contributed by atoms with van der Waals surface area (Å²) in [5.41, 5.74) is 5.43. The smallest absolute Gasteiger partial charge is 0.0317 e. The molecular weight excluding hydrogens is 158 g/mol. The maximum absolute atomic E-state index is 11.4. The Kier molecular flexibility index (Phi) is 5.78. The minimum atomic E-state index is -0.675. The Bertz CT molecular complexity index is 127. The van der Waals surface area contributed by atoms with Gasteiger partial charge in [0, 0.05) is 21.8 Å². The second-order valence-electron chi connectivity index (χ2n) is 3.11. The first-order valence-electron chi connectivity index (χ1n) is 4.19. The molecule has 0 aliphatic carbocycles. The van der Waals surface area contributed by atoms with Crippen molar-refractivity contribution in [2.45, 2.75) is 32.4 Å². The number of hydrogen-bond acceptors (Lipinski definition) is 2. The van der Waals surface area contributed by atoms with Gasteiger partial charge in [-0.1, -0.05) is 20.8 Å². The van der Waals surface area contributed by atoms with Crippen LogP contribution in [0.2, 0.25) is 0 Å². The monoisotopic (exact) mass is 177 g/mol. The molecule has 0 spiro atoms. The minimum Gasteiger partial charge on any atom is -0.330 e.